The molecule has 0 radical (unpaired) electrons. The van der Waals surface area contributed by atoms with E-state index in [1.54, 1.807) is 24.3 Å². The standard InChI is InChI=1S/C13H9N3O3/c1-2-7-16-9-6-4-3-5-8(9)13(11(16)18)10(17)14-12(19)15-13/h1,3-6H,7H2,(H2,14,15,17,19). The average molecular weight is 255 g/mol. The number of hydrogen-bond donors (Lipinski definition) is 2. The van der Waals surface area contributed by atoms with E-state index in [0.717, 1.165) is 0 Å². The molecule has 19 heavy (non-hydrogen) atoms. The molecule has 0 aromatic heterocycles. The van der Waals surface area contributed by atoms with Crippen LogP contribution >= 0.6 is 0 Å². The predicted molar refractivity (Wildman–Crippen MR) is 66.0 cm³/mol. The third-order valence-electron chi connectivity index (χ3n) is 3.28. The van der Waals surface area contributed by atoms with Crippen molar-refractivity contribution < 1.29 is 14.4 Å². The summed E-state index contributed by atoms with van der Waals surface area (Å²) < 4.78 is 0. The summed E-state index contributed by atoms with van der Waals surface area (Å²) in [7, 11) is 0. The molecular weight excluding hydrogens is 246 g/mol. The maximum atomic E-state index is 12.5. The van der Waals surface area contributed by atoms with E-state index in [2.05, 4.69) is 16.6 Å². The van der Waals surface area contributed by atoms with Gasteiger partial charge < -0.3 is 5.32 Å². The maximum Gasteiger partial charge on any atom is 0.323 e. The minimum Gasteiger partial charge on any atom is -0.312 e. The second-order valence-electron chi connectivity index (χ2n) is 4.27. The Morgan fingerprint density at radius 3 is 2.63 bits per heavy atom. The lowest BCUT2D eigenvalue weighted by molar-refractivity contribution is -0.133. The first-order valence-corrected chi connectivity index (χ1v) is 5.60. The lowest BCUT2D eigenvalue weighted by Gasteiger charge is -2.19. The highest BCUT2D eigenvalue weighted by Crippen LogP contribution is 2.41. The first-order valence-electron chi connectivity index (χ1n) is 5.60. The van der Waals surface area contributed by atoms with Crippen LogP contribution in [0.4, 0.5) is 10.5 Å². The van der Waals surface area contributed by atoms with Gasteiger partial charge in [0.25, 0.3) is 11.8 Å². The van der Waals surface area contributed by atoms with Gasteiger partial charge in [-0.05, 0) is 6.07 Å². The zero-order valence-electron chi connectivity index (χ0n) is 9.77. The number of carbonyl (C=O) groups excluding carboxylic acids is 3. The molecule has 0 bridgehead atoms. The first kappa shape index (κ1) is 11.3. The number of terminal acetylenes is 1. The number of carbonyl (C=O) groups is 3. The minimum absolute atomic E-state index is 0.0424. The molecule has 1 unspecified atom stereocenters. The normalized spacial score (nSPS) is 24.2. The number of urea groups is 1. The Balaban J connectivity index is 2.23. The lowest BCUT2D eigenvalue weighted by Crippen LogP contribution is -2.52. The Morgan fingerprint density at radius 2 is 2.00 bits per heavy atom. The van der Waals surface area contributed by atoms with Crippen LogP contribution in [0.5, 0.6) is 0 Å². The third kappa shape index (κ3) is 1.24. The van der Waals surface area contributed by atoms with Crippen molar-refractivity contribution in [3.63, 3.8) is 0 Å². The van der Waals surface area contributed by atoms with Crippen LogP contribution in [0.25, 0.3) is 0 Å². The zero-order chi connectivity index (χ0) is 13.6. The van der Waals surface area contributed by atoms with Crippen LogP contribution < -0.4 is 15.5 Å². The fourth-order valence-electron chi connectivity index (χ4n) is 2.50. The molecule has 1 fully saturated rings. The van der Waals surface area contributed by atoms with Gasteiger partial charge in [-0.2, -0.15) is 0 Å². The second kappa shape index (κ2) is 3.59. The minimum atomic E-state index is -1.68. The van der Waals surface area contributed by atoms with Crippen LogP contribution in [-0.4, -0.2) is 24.4 Å². The molecule has 94 valence electrons. The fourth-order valence-corrected chi connectivity index (χ4v) is 2.50. The van der Waals surface area contributed by atoms with E-state index < -0.39 is 23.4 Å². The van der Waals surface area contributed by atoms with Crippen LogP contribution in [0.15, 0.2) is 24.3 Å². The molecule has 2 N–H and O–H groups in total. The van der Waals surface area contributed by atoms with Crippen molar-refractivity contribution in [2.75, 3.05) is 11.4 Å². The Bertz CT molecular complexity index is 661. The number of amides is 4. The number of nitrogens with one attached hydrogen (secondary N) is 2. The van der Waals surface area contributed by atoms with Gasteiger partial charge in [0.05, 0.1) is 12.2 Å². The van der Waals surface area contributed by atoms with Gasteiger partial charge >= 0.3 is 6.03 Å². The summed E-state index contributed by atoms with van der Waals surface area (Å²) in [5.41, 5.74) is -0.689. The molecule has 2 heterocycles. The fraction of sp³-hybridized carbons (Fsp3) is 0.154. The van der Waals surface area contributed by atoms with E-state index in [0.29, 0.717) is 11.3 Å². The van der Waals surface area contributed by atoms with Crippen molar-refractivity contribution in [2.24, 2.45) is 0 Å². The van der Waals surface area contributed by atoms with Crippen molar-refractivity contribution in [1.82, 2.24) is 10.6 Å². The summed E-state index contributed by atoms with van der Waals surface area (Å²) in [6.07, 6.45) is 5.24. The maximum absolute atomic E-state index is 12.5. The first-order chi connectivity index (χ1) is 9.11. The third-order valence-corrected chi connectivity index (χ3v) is 3.28. The monoisotopic (exact) mass is 255 g/mol. The topological polar surface area (TPSA) is 78.5 Å². The van der Waals surface area contributed by atoms with E-state index in [4.69, 9.17) is 6.42 Å². The van der Waals surface area contributed by atoms with Crippen molar-refractivity contribution >= 4 is 23.5 Å². The Kier molecular flexibility index (Phi) is 2.13. The smallest absolute Gasteiger partial charge is 0.312 e. The molecule has 0 saturated carbocycles. The van der Waals surface area contributed by atoms with Gasteiger partial charge in [0, 0.05) is 5.56 Å². The van der Waals surface area contributed by atoms with Gasteiger partial charge in [0.2, 0.25) is 5.54 Å². The van der Waals surface area contributed by atoms with E-state index in [1.165, 1.54) is 4.90 Å². The quantitative estimate of drug-likeness (QED) is 0.411. The molecule has 2 aliphatic heterocycles. The van der Waals surface area contributed by atoms with Gasteiger partial charge in [-0.3, -0.25) is 19.8 Å². The molecule has 0 aliphatic carbocycles. The number of para-hydroxylation sites is 1. The van der Waals surface area contributed by atoms with Crippen LogP contribution in [0.2, 0.25) is 0 Å². The van der Waals surface area contributed by atoms with E-state index in [9.17, 15) is 14.4 Å². The largest absolute Gasteiger partial charge is 0.323 e. The molecule has 6 heteroatoms. The zero-order valence-corrected chi connectivity index (χ0v) is 9.77. The number of nitrogens with zero attached hydrogens (tertiary/aromatic N) is 1. The Hall–Kier alpha value is -2.81. The van der Waals surface area contributed by atoms with Crippen molar-refractivity contribution in [2.45, 2.75) is 5.54 Å². The highest BCUT2D eigenvalue weighted by atomic mass is 16.2. The SMILES string of the molecule is C#CCN1C(=O)C2(NC(=O)NC2=O)c2ccccc21. The average Bonchev–Trinajstić information content (AvgIpc) is 2.82. The van der Waals surface area contributed by atoms with E-state index in [-0.39, 0.29) is 6.54 Å². The molecule has 1 spiro atoms. The summed E-state index contributed by atoms with van der Waals surface area (Å²) in [4.78, 5) is 37.2. The highest BCUT2D eigenvalue weighted by Gasteiger charge is 2.60. The summed E-state index contributed by atoms with van der Waals surface area (Å²) >= 11 is 0. The molecular formula is C13H9N3O3. The van der Waals surface area contributed by atoms with Gasteiger partial charge in [-0.1, -0.05) is 24.1 Å². The molecule has 4 amide bonds. The van der Waals surface area contributed by atoms with Crippen LogP contribution in [0, 0.1) is 12.3 Å². The van der Waals surface area contributed by atoms with Crippen LogP contribution in [0.1, 0.15) is 5.56 Å². The van der Waals surface area contributed by atoms with Crippen molar-refractivity contribution in [3.8, 4) is 12.3 Å². The summed E-state index contributed by atoms with van der Waals surface area (Å²) in [5, 5.41) is 4.51. The lowest BCUT2D eigenvalue weighted by atomic mass is 9.92. The molecule has 1 aromatic carbocycles. The number of rotatable bonds is 1. The van der Waals surface area contributed by atoms with Gasteiger partial charge in [-0.15, -0.1) is 6.42 Å². The van der Waals surface area contributed by atoms with Gasteiger partial charge in [0.15, 0.2) is 0 Å². The van der Waals surface area contributed by atoms with E-state index >= 15 is 0 Å². The Morgan fingerprint density at radius 1 is 1.26 bits per heavy atom. The van der Waals surface area contributed by atoms with Crippen molar-refractivity contribution in [1.29, 1.82) is 0 Å². The Labute approximate surface area is 108 Å². The van der Waals surface area contributed by atoms with E-state index in [1.807, 2.05) is 0 Å². The molecule has 6 nitrogen and oxygen atoms in total. The molecule has 1 saturated heterocycles. The number of hydrogen-bond acceptors (Lipinski definition) is 3. The van der Waals surface area contributed by atoms with Gasteiger partial charge in [0.1, 0.15) is 0 Å². The molecule has 3 rings (SSSR count). The predicted octanol–water partition coefficient (Wildman–Crippen LogP) is -0.299. The van der Waals surface area contributed by atoms with Gasteiger partial charge in [-0.25, -0.2) is 4.79 Å². The second-order valence-corrected chi connectivity index (χ2v) is 4.27. The molecule has 1 atom stereocenters. The van der Waals surface area contributed by atoms with Crippen molar-refractivity contribution in [3.05, 3.63) is 29.8 Å². The summed E-state index contributed by atoms with van der Waals surface area (Å²) in [6, 6.07) is 6.08. The van der Waals surface area contributed by atoms with Crippen LogP contribution in [-0.2, 0) is 15.1 Å². The number of imide groups is 1. The number of fused-ring (bicyclic) bond motifs is 2. The molecule has 1 aromatic rings. The highest BCUT2D eigenvalue weighted by molar-refractivity contribution is 6.27. The van der Waals surface area contributed by atoms with Crippen LogP contribution in [0.3, 0.4) is 0 Å². The number of anilines is 1. The number of benzene rings is 1. The molecule has 2 aliphatic rings. The summed E-state index contributed by atoms with van der Waals surface area (Å²) in [5.74, 6) is 1.17. The summed E-state index contributed by atoms with van der Waals surface area (Å²) in [6.45, 7) is 0.0424.